The maximum Gasteiger partial charge on any atom is 0.106 e. The van der Waals surface area contributed by atoms with Gasteiger partial charge in [-0.2, -0.15) is 0 Å². The highest BCUT2D eigenvalue weighted by atomic mass is 16.5. The van der Waals surface area contributed by atoms with Crippen LogP contribution >= 0.6 is 0 Å². The average Bonchev–Trinajstić information content (AvgIpc) is 2.44. The molecule has 1 aliphatic rings. The molecule has 0 radical (unpaired) electrons. The molecule has 0 bridgehead atoms. The van der Waals surface area contributed by atoms with Crippen LogP contribution < -0.4 is 0 Å². The van der Waals surface area contributed by atoms with Gasteiger partial charge in [-0.25, -0.2) is 0 Å². The molecule has 0 aliphatic heterocycles. The van der Waals surface area contributed by atoms with Crippen molar-refractivity contribution in [1.82, 2.24) is 0 Å². The molecule has 0 fully saturated rings. The fourth-order valence-corrected chi connectivity index (χ4v) is 1.75. The van der Waals surface area contributed by atoms with E-state index in [0.29, 0.717) is 0 Å². The molecule has 0 heterocycles. The van der Waals surface area contributed by atoms with Crippen LogP contribution in [-0.2, 0) is 11.2 Å². The van der Waals surface area contributed by atoms with E-state index in [1.807, 2.05) is 24.3 Å². The Morgan fingerprint density at radius 2 is 2.17 bits per heavy atom. The van der Waals surface area contributed by atoms with Gasteiger partial charge in [0.05, 0.1) is 6.10 Å². The molecule has 1 aromatic rings. The fraction of sp³-hybridized carbons (Fsp3) is 0.400. The van der Waals surface area contributed by atoms with Gasteiger partial charge in [0.15, 0.2) is 0 Å². The molecular weight excluding hydrogens is 152 g/mol. The molecule has 2 nitrogen and oxygen atoms in total. The van der Waals surface area contributed by atoms with Crippen LogP contribution in [0, 0.1) is 0 Å². The van der Waals surface area contributed by atoms with Crippen molar-refractivity contribution >= 4 is 0 Å². The van der Waals surface area contributed by atoms with Crippen molar-refractivity contribution in [3.8, 4) is 0 Å². The molecule has 0 saturated heterocycles. The minimum Gasteiger partial charge on any atom is -0.386 e. The van der Waals surface area contributed by atoms with Gasteiger partial charge in [0.2, 0.25) is 0 Å². The van der Waals surface area contributed by atoms with Gasteiger partial charge in [0, 0.05) is 13.5 Å². The summed E-state index contributed by atoms with van der Waals surface area (Å²) in [7, 11) is 1.64. The smallest absolute Gasteiger partial charge is 0.106 e. The summed E-state index contributed by atoms with van der Waals surface area (Å²) in [6, 6.07) is 7.93. The van der Waals surface area contributed by atoms with E-state index in [9.17, 15) is 5.11 Å². The third kappa shape index (κ3) is 1.04. The van der Waals surface area contributed by atoms with Crippen molar-refractivity contribution in [2.24, 2.45) is 0 Å². The zero-order chi connectivity index (χ0) is 8.55. The minimum atomic E-state index is -0.439. The molecule has 64 valence electrons. The lowest BCUT2D eigenvalue weighted by Gasteiger charge is -2.11. The molecule has 2 rings (SSSR count). The quantitative estimate of drug-likeness (QED) is 0.677. The second-order valence-corrected chi connectivity index (χ2v) is 3.12. The van der Waals surface area contributed by atoms with Crippen LogP contribution in [0.4, 0.5) is 0 Å². The largest absolute Gasteiger partial charge is 0.386 e. The molecule has 0 spiro atoms. The first kappa shape index (κ1) is 7.77. The Labute approximate surface area is 71.8 Å². The van der Waals surface area contributed by atoms with Crippen molar-refractivity contribution in [3.05, 3.63) is 35.4 Å². The molecule has 0 amide bonds. The highest BCUT2D eigenvalue weighted by molar-refractivity contribution is 5.35. The van der Waals surface area contributed by atoms with Gasteiger partial charge in [-0.1, -0.05) is 24.3 Å². The third-order valence-corrected chi connectivity index (χ3v) is 2.45. The Bertz CT molecular complexity index is 283. The van der Waals surface area contributed by atoms with Crippen LogP contribution in [0.5, 0.6) is 0 Å². The second kappa shape index (κ2) is 2.88. The number of aliphatic hydroxyl groups excluding tert-OH is 1. The van der Waals surface area contributed by atoms with E-state index >= 15 is 0 Å². The lowest BCUT2D eigenvalue weighted by molar-refractivity contribution is -0.000434. The van der Waals surface area contributed by atoms with Gasteiger partial charge >= 0.3 is 0 Å². The monoisotopic (exact) mass is 164 g/mol. The van der Waals surface area contributed by atoms with E-state index in [1.165, 1.54) is 5.56 Å². The normalized spacial score (nSPS) is 27.2. The molecule has 1 aromatic carbocycles. The van der Waals surface area contributed by atoms with E-state index < -0.39 is 6.10 Å². The Kier molecular flexibility index (Phi) is 1.87. The molecule has 0 unspecified atom stereocenters. The Morgan fingerprint density at radius 1 is 1.42 bits per heavy atom. The maximum absolute atomic E-state index is 9.72. The number of hydrogen-bond acceptors (Lipinski definition) is 2. The zero-order valence-electron chi connectivity index (χ0n) is 7.03. The highest BCUT2D eigenvalue weighted by Crippen LogP contribution is 2.32. The lowest BCUT2D eigenvalue weighted by atomic mass is 10.1. The standard InChI is InChI=1S/C10H12O2/c1-12-9-6-7-4-2-3-5-8(7)10(9)11/h2-5,9-11H,6H2,1H3/t9-,10-/m1/s1. The van der Waals surface area contributed by atoms with Gasteiger partial charge in [0.25, 0.3) is 0 Å². The summed E-state index contributed by atoms with van der Waals surface area (Å²) < 4.78 is 5.16. The minimum absolute atomic E-state index is 0.0533. The zero-order valence-corrected chi connectivity index (χ0v) is 7.03. The van der Waals surface area contributed by atoms with Crippen molar-refractivity contribution in [3.63, 3.8) is 0 Å². The maximum atomic E-state index is 9.72. The summed E-state index contributed by atoms with van der Waals surface area (Å²) >= 11 is 0. The van der Waals surface area contributed by atoms with Gasteiger partial charge in [-0.15, -0.1) is 0 Å². The van der Waals surface area contributed by atoms with Gasteiger partial charge in [-0.3, -0.25) is 0 Å². The van der Waals surface area contributed by atoms with Crippen LogP contribution in [0.1, 0.15) is 17.2 Å². The highest BCUT2D eigenvalue weighted by Gasteiger charge is 2.29. The van der Waals surface area contributed by atoms with Crippen LogP contribution in [0.2, 0.25) is 0 Å². The van der Waals surface area contributed by atoms with E-state index in [0.717, 1.165) is 12.0 Å². The molecule has 0 aromatic heterocycles. The lowest BCUT2D eigenvalue weighted by Crippen LogP contribution is -2.15. The predicted octanol–water partition coefficient (Wildman–Crippen LogP) is 1.29. The summed E-state index contributed by atoms with van der Waals surface area (Å²) in [5, 5.41) is 9.72. The fourth-order valence-electron chi connectivity index (χ4n) is 1.75. The number of aliphatic hydroxyl groups is 1. The average molecular weight is 164 g/mol. The van der Waals surface area contributed by atoms with Crippen molar-refractivity contribution in [2.45, 2.75) is 18.6 Å². The number of fused-ring (bicyclic) bond motifs is 1. The summed E-state index contributed by atoms with van der Waals surface area (Å²) in [6.07, 6.45) is 0.335. The Balaban J connectivity index is 2.35. The van der Waals surface area contributed by atoms with Crippen LogP contribution in [0.15, 0.2) is 24.3 Å². The molecule has 1 N–H and O–H groups in total. The Morgan fingerprint density at radius 3 is 2.83 bits per heavy atom. The second-order valence-electron chi connectivity index (χ2n) is 3.12. The molecular formula is C10H12O2. The first-order chi connectivity index (χ1) is 5.83. The SMILES string of the molecule is CO[C@@H]1Cc2ccccc2[C@H]1O. The van der Waals surface area contributed by atoms with E-state index in [2.05, 4.69) is 0 Å². The van der Waals surface area contributed by atoms with E-state index in [-0.39, 0.29) is 6.10 Å². The summed E-state index contributed by atoms with van der Waals surface area (Å²) in [5.41, 5.74) is 2.22. The van der Waals surface area contributed by atoms with Crippen LogP contribution in [-0.4, -0.2) is 18.3 Å². The first-order valence-corrected chi connectivity index (χ1v) is 4.11. The van der Waals surface area contributed by atoms with Crippen molar-refractivity contribution in [1.29, 1.82) is 0 Å². The number of methoxy groups -OCH3 is 1. The number of benzene rings is 1. The Hall–Kier alpha value is -0.860. The predicted molar refractivity (Wildman–Crippen MR) is 45.9 cm³/mol. The molecule has 1 aliphatic carbocycles. The van der Waals surface area contributed by atoms with Crippen molar-refractivity contribution < 1.29 is 9.84 Å². The summed E-state index contributed by atoms with van der Waals surface area (Å²) in [6.45, 7) is 0. The number of rotatable bonds is 1. The number of ether oxygens (including phenoxy) is 1. The van der Waals surface area contributed by atoms with Crippen LogP contribution in [0.3, 0.4) is 0 Å². The van der Waals surface area contributed by atoms with Gasteiger partial charge < -0.3 is 9.84 Å². The first-order valence-electron chi connectivity index (χ1n) is 4.11. The third-order valence-electron chi connectivity index (χ3n) is 2.45. The summed E-state index contributed by atoms with van der Waals surface area (Å²) in [4.78, 5) is 0. The van der Waals surface area contributed by atoms with Gasteiger partial charge in [-0.05, 0) is 11.1 Å². The van der Waals surface area contributed by atoms with E-state index in [1.54, 1.807) is 7.11 Å². The molecule has 0 saturated carbocycles. The van der Waals surface area contributed by atoms with Crippen LogP contribution in [0.25, 0.3) is 0 Å². The number of hydrogen-bond donors (Lipinski definition) is 1. The van der Waals surface area contributed by atoms with E-state index in [4.69, 9.17) is 4.74 Å². The molecule has 2 heteroatoms. The topological polar surface area (TPSA) is 29.5 Å². The molecule has 2 atom stereocenters. The van der Waals surface area contributed by atoms with Gasteiger partial charge in [0.1, 0.15) is 6.10 Å². The van der Waals surface area contributed by atoms with Crippen molar-refractivity contribution in [2.75, 3.05) is 7.11 Å². The molecule has 12 heavy (non-hydrogen) atoms. The summed E-state index contributed by atoms with van der Waals surface area (Å²) in [5.74, 6) is 0.